The predicted molar refractivity (Wildman–Crippen MR) is 52.2 cm³/mol. The molecule has 0 saturated carbocycles. The number of rotatable bonds is 4. The van der Waals surface area contributed by atoms with Gasteiger partial charge in [-0.2, -0.15) is 0 Å². The monoisotopic (exact) mass is 185 g/mol. The smallest absolute Gasteiger partial charge is 0.224 e. The van der Waals surface area contributed by atoms with E-state index in [2.05, 4.69) is 17.6 Å². The fourth-order valence-electron chi connectivity index (χ4n) is 1.61. The molecule has 4 heteroatoms. The van der Waals surface area contributed by atoms with Crippen molar-refractivity contribution in [3.05, 3.63) is 0 Å². The standard InChI is InChI=1S/C9H19N3O/c1-7-5-11-6-8(7)9(13)12-4-2-3-10/h7-8,11H,2-6,10H2,1H3,(H,12,13)/t7-,8-/m1/s1. The van der Waals surface area contributed by atoms with Gasteiger partial charge in [0, 0.05) is 13.1 Å². The lowest BCUT2D eigenvalue weighted by molar-refractivity contribution is -0.125. The molecular formula is C9H19N3O. The fraction of sp³-hybridized carbons (Fsp3) is 0.889. The van der Waals surface area contributed by atoms with E-state index in [9.17, 15) is 4.79 Å². The Hall–Kier alpha value is -0.610. The molecule has 0 bridgehead atoms. The van der Waals surface area contributed by atoms with E-state index in [-0.39, 0.29) is 11.8 Å². The highest BCUT2D eigenvalue weighted by atomic mass is 16.1. The Labute approximate surface area is 79.3 Å². The molecule has 1 fully saturated rings. The molecule has 0 radical (unpaired) electrons. The quantitative estimate of drug-likeness (QED) is 0.508. The number of amides is 1. The Bertz CT molecular complexity index is 172. The van der Waals surface area contributed by atoms with Crippen molar-refractivity contribution < 1.29 is 4.79 Å². The summed E-state index contributed by atoms with van der Waals surface area (Å²) >= 11 is 0. The predicted octanol–water partition coefficient (Wildman–Crippen LogP) is -0.693. The summed E-state index contributed by atoms with van der Waals surface area (Å²) in [6.45, 7) is 5.22. The summed E-state index contributed by atoms with van der Waals surface area (Å²) in [5.74, 6) is 0.779. The lowest BCUT2D eigenvalue weighted by Crippen LogP contribution is -2.35. The summed E-state index contributed by atoms with van der Waals surface area (Å²) in [5, 5.41) is 6.10. The van der Waals surface area contributed by atoms with Gasteiger partial charge in [-0.3, -0.25) is 4.79 Å². The van der Waals surface area contributed by atoms with Crippen molar-refractivity contribution in [3.8, 4) is 0 Å². The van der Waals surface area contributed by atoms with Crippen LogP contribution in [0.3, 0.4) is 0 Å². The first-order valence-corrected chi connectivity index (χ1v) is 4.94. The van der Waals surface area contributed by atoms with Crippen LogP contribution in [0.25, 0.3) is 0 Å². The van der Waals surface area contributed by atoms with Crippen molar-refractivity contribution in [2.75, 3.05) is 26.2 Å². The van der Waals surface area contributed by atoms with Gasteiger partial charge >= 0.3 is 0 Å². The molecule has 0 unspecified atom stereocenters. The van der Waals surface area contributed by atoms with E-state index in [1.54, 1.807) is 0 Å². The van der Waals surface area contributed by atoms with Crippen molar-refractivity contribution in [1.29, 1.82) is 0 Å². The van der Waals surface area contributed by atoms with E-state index in [4.69, 9.17) is 5.73 Å². The number of hydrogen-bond donors (Lipinski definition) is 3. The Balaban J connectivity index is 2.22. The van der Waals surface area contributed by atoms with E-state index < -0.39 is 0 Å². The van der Waals surface area contributed by atoms with Crippen LogP contribution in [0.2, 0.25) is 0 Å². The Morgan fingerprint density at radius 3 is 2.92 bits per heavy atom. The third-order valence-electron chi connectivity index (χ3n) is 2.53. The third-order valence-corrected chi connectivity index (χ3v) is 2.53. The second-order valence-electron chi connectivity index (χ2n) is 3.68. The molecule has 1 heterocycles. The zero-order valence-corrected chi connectivity index (χ0v) is 8.18. The van der Waals surface area contributed by atoms with Crippen LogP contribution in [0.15, 0.2) is 0 Å². The first-order valence-electron chi connectivity index (χ1n) is 4.94. The zero-order chi connectivity index (χ0) is 9.68. The maximum absolute atomic E-state index is 11.5. The van der Waals surface area contributed by atoms with Gasteiger partial charge < -0.3 is 16.4 Å². The molecule has 1 amide bonds. The van der Waals surface area contributed by atoms with Crippen LogP contribution in [0.1, 0.15) is 13.3 Å². The lowest BCUT2D eigenvalue weighted by atomic mass is 9.97. The highest BCUT2D eigenvalue weighted by Gasteiger charge is 2.28. The van der Waals surface area contributed by atoms with Gasteiger partial charge in [-0.05, 0) is 25.4 Å². The number of hydrogen-bond acceptors (Lipinski definition) is 3. The van der Waals surface area contributed by atoms with Crippen molar-refractivity contribution in [2.45, 2.75) is 13.3 Å². The minimum Gasteiger partial charge on any atom is -0.356 e. The van der Waals surface area contributed by atoms with Crippen LogP contribution in [-0.2, 0) is 4.79 Å². The topological polar surface area (TPSA) is 67.2 Å². The zero-order valence-electron chi connectivity index (χ0n) is 8.18. The van der Waals surface area contributed by atoms with Crippen LogP contribution < -0.4 is 16.4 Å². The summed E-state index contributed by atoms with van der Waals surface area (Å²) in [6, 6.07) is 0. The van der Waals surface area contributed by atoms with Gasteiger partial charge in [0.1, 0.15) is 0 Å². The summed E-state index contributed by atoms with van der Waals surface area (Å²) < 4.78 is 0. The Kier molecular flexibility index (Phi) is 4.18. The number of nitrogens with one attached hydrogen (secondary N) is 2. The number of nitrogens with two attached hydrogens (primary N) is 1. The average Bonchev–Trinajstić information content (AvgIpc) is 2.52. The van der Waals surface area contributed by atoms with Gasteiger partial charge in [0.15, 0.2) is 0 Å². The van der Waals surface area contributed by atoms with Crippen LogP contribution in [0.5, 0.6) is 0 Å². The molecule has 1 rings (SSSR count). The molecule has 0 aromatic rings. The number of carbonyl (C=O) groups excluding carboxylic acids is 1. The molecule has 2 atom stereocenters. The van der Waals surface area contributed by atoms with Crippen molar-refractivity contribution in [1.82, 2.24) is 10.6 Å². The van der Waals surface area contributed by atoms with E-state index in [0.717, 1.165) is 19.5 Å². The van der Waals surface area contributed by atoms with Gasteiger partial charge in [0.25, 0.3) is 0 Å². The maximum atomic E-state index is 11.5. The van der Waals surface area contributed by atoms with Gasteiger partial charge in [0.05, 0.1) is 5.92 Å². The van der Waals surface area contributed by atoms with Gasteiger partial charge in [-0.15, -0.1) is 0 Å². The minimum absolute atomic E-state index is 0.151. The molecule has 13 heavy (non-hydrogen) atoms. The van der Waals surface area contributed by atoms with Crippen molar-refractivity contribution >= 4 is 5.91 Å². The van der Waals surface area contributed by atoms with Gasteiger partial charge in [-0.25, -0.2) is 0 Å². The SMILES string of the molecule is C[C@@H]1CNC[C@H]1C(=O)NCCCN. The largest absolute Gasteiger partial charge is 0.356 e. The summed E-state index contributed by atoms with van der Waals surface area (Å²) in [6.07, 6.45) is 0.861. The fourth-order valence-corrected chi connectivity index (χ4v) is 1.61. The van der Waals surface area contributed by atoms with E-state index >= 15 is 0 Å². The first-order chi connectivity index (χ1) is 6.25. The molecule has 0 spiro atoms. The first kappa shape index (κ1) is 10.5. The molecular weight excluding hydrogens is 166 g/mol. The van der Waals surface area contributed by atoms with Crippen LogP contribution in [0.4, 0.5) is 0 Å². The lowest BCUT2D eigenvalue weighted by Gasteiger charge is -2.13. The van der Waals surface area contributed by atoms with Crippen molar-refractivity contribution in [2.24, 2.45) is 17.6 Å². The van der Waals surface area contributed by atoms with Gasteiger partial charge in [0.2, 0.25) is 5.91 Å². The molecule has 1 aliphatic rings. The molecule has 0 aromatic carbocycles. The Morgan fingerprint density at radius 1 is 1.62 bits per heavy atom. The minimum atomic E-state index is 0.151. The maximum Gasteiger partial charge on any atom is 0.224 e. The average molecular weight is 185 g/mol. The summed E-state index contributed by atoms with van der Waals surface area (Å²) in [4.78, 5) is 11.5. The molecule has 0 aromatic heterocycles. The molecule has 0 aliphatic carbocycles. The van der Waals surface area contributed by atoms with Crippen LogP contribution >= 0.6 is 0 Å². The van der Waals surface area contributed by atoms with Crippen LogP contribution in [-0.4, -0.2) is 32.1 Å². The normalized spacial score (nSPS) is 27.5. The van der Waals surface area contributed by atoms with Crippen molar-refractivity contribution in [3.63, 3.8) is 0 Å². The second kappa shape index (κ2) is 5.19. The molecule has 76 valence electrons. The third kappa shape index (κ3) is 2.97. The van der Waals surface area contributed by atoms with E-state index in [1.165, 1.54) is 0 Å². The summed E-state index contributed by atoms with van der Waals surface area (Å²) in [5.41, 5.74) is 5.33. The molecule has 1 saturated heterocycles. The van der Waals surface area contributed by atoms with Crippen LogP contribution in [0, 0.1) is 11.8 Å². The van der Waals surface area contributed by atoms with Gasteiger partial charge in [-0.1, -0.05) is 6.92 Å². The summed E-state index contributed by atoms with van der Waals surface area (Å²) in [7, 11) is 0. The van der Waals surface area contributed by atoms with E-state index in [0.29, 0.717) is 19.0 Å². The highest BCUT2D eigenvalue weighted by molar-refractivity contribution is 5.79. The second-order valence-corrected chi connectivity index (χ2v) is 3.68. The van der Waals surface area contributed by atoms with E-state index in [1.807, 2.05) is 0 Å². The number of carbonyl (C=O) groups is 1. The molecule has 4 nitrogen and oxygen atoms in total. The Morgan fingerprint density at radius 2 is 2.38 bits per heavy atom. The molecule has 1 aliphatic heterocycles. The highest BCUT2D eigenvalue weighted by Crippen LogP contribution is 2.15. The molecule has 4 N–H and O–H groups in total.